The Morgan fingerprint density at radius 1 is 1.00 bits per heavy atom. The van der Waals surface area contributed by atoms with Crippen LogP contribution in [0.4, 0.5) is 5.69 Å². The van der Waals surface area contributed by atoms with Crippen LogP contribution in [0.25, 0.3) is 10.8 Å². The molecule has 1 atom stereocenters. The number of halogens is 2. The number of unbranched alkanes of at least 4 members (excludes halogenated alkanes) is 1. The van der Waals surface area contributed by atoms with Crippen molar-refractivity contribution in [1.29, 1.82) is 0 Å². The van der Waals surface area contributed by atoms with E-state index in [0.29, 0.717) is 39.6 Å². The molecule has 7 nitrogen and oxygen atoms in total. The lowest BCUT2D eigenvalue weighted by molar-refractivity contribution is -0.140. The van der Waals surface area contributed by atoms with Gasteiger partial charge in [-0.15, -0.1) is 0 Å². The smallest absolute Gasteiger partial charge is 0.244 e. The number of anilines is 1. The normalized spacial score (nSPS) is 12.2. The van der Waals surface area contributed by atoms with Crippen LogP contribution in [0.15, 0.2) is 60.7 Å². The number of amides is 2. The van der Waals surface area contributed by atoms with Crippen LogP contribution in [-0.4, -0.2) is 50.5 Å². The summed E-state index contributed by atoms with van der Waals surface area (Å²) in [6.07, 6.45) is 3.12. The first kappa shape index (κ1) is 29.7. The Balaban J connectivity index is 2.02. The van der Waals surface area contributed by atoms with E-state index in [1.165, 1.54) is 4.90 Å². The number of nitrogens with one attached hydrogen (secondary N) is 1. The summed E-state index contributed by atoms with van der Waals surface area (Å²) in [6.45, 7) is 3.86. The number of carbonyl (C=O) groups excluding carboxylic acids is 2. The van der Waals surface area contributed by atoms with Gasteiger partial charge in [0.25, 0.3) is 0 Å². The zero-order valence-corrected chi connectivity index (χ0v) is 24.1. The van der Waals surface area contributed by atoms with E-state index in [1.54, 1.807) is 30.3 Å². The summed E-state index contributed by atoms with van der Waals surface area (Å²) < 4.78 is 27.0. The van der Waals surface area contributed by atoms with Crippen molar-refractivity contribution in [2.24, 2.45) is 0 Å². The van der Waals surface area contributed by atoms with Crippen molar-refractivity contribution in [3.05, 3.63) is 76.3 Å². The van der Waals surface area contributed by atoms with Crippen molar-refractivity contribution < 1.29 is 18.0 Å². The summed E-state index contributed by atoms with van der Waals surface area (Å²) in [4.78, 5) is 28.5. The third-order valence-electron chi connectivity index (χ3n) is 6.29. The van der Waals surface area contributed by atoms with Crippen molar-refractivity contribution in [1.82, 2.24) is 10.2 Å². The third kappa shape index (κ3) is 7.40. The van der Waals surface area contributed by atoms with E-state index in [-0.39, 0.29) is 12.5 Å². The molecule has 3 rings (SSSR count). The molecule has 0 saturated heterocycles. The van der Waals surface area contributed by atoms with Gasteiger partial charge in [-0.05, 0) is 42.0 Å². The number of fused-ring (bicyclic) bond motifs is 1. The summed E-state index contributed by atoms with van der Waals surface area (Å²) in [6, 6.07) is 16.8. The highest BCUT2D eigenvalue weighted by atomic mass is 35.5. The lowest BCUT2D eigenvalue weighted by Gasteiger charge is -2.33. The van der Waals surface area contributed by atoms with E-state index in [1.807, 2.05) is 44.2 Å². The first-order valence-corrected chi connectivity index (χ1v) is 15.1. The van der Waals surface area contributed by atoms with E-state index < -0.39 is 28.5 Å². The predicted molar refractivity (Wildman–Crippen MR) is 155 cm³/mol. The molecule has 0 aliphatic heterocycles. The van der Waals surface area contributed by atoms with Crippen molar-refractivity contribution >= 4 is 61.5 Å². The van der Waals surface area contributed by atoms with Crippen LogP contribution in [-0.2, 0) is 26.2 Å². The second-order valence-corrected chi connectivity index (χ2v) is 11.8. The van der Waals surface area contributed by atoms with Crippen molar-refractivity contribution in [2.75, 3.05) is 23.7 Å². The van der Waals surface area contributed by atoms with Gasteiger partial charge in [0.05, 0.1) is 11.9 Å². The number of sulfonamides is 1. The Kier molecular flexibility index (Phi) is 10.4. The molecule has 3 aromatic rings. The molecule has 0 aromatic heterocycles. The zero-order chi connectivity index (χ0) is 27.9. The number of hydrogen-bond acceptors (Lipinski definition) is 4. The summed E-state index contributed by atoms with van der Waals surface area (Å²) in [5.74, 6) is -0.817. The van der Waals surface area contributed by atoms with Crippen LogP contribution in [0.3, 0.4) is 0 Å². The number of nitrogens with zero attached hydrogens (tertiary/aromatic N) is 2. The number of hydrogen-bond donors (Lipinski definition) is 1. The van der Waals surface area contributed by atoms with Gasteiger partial charge in [-0.3, -0.25) is 13.9 Å². The lowest BCUT2D eigenvalue weighted by atomic mass is 10.1. The Morgan fingerprint density at radius 3 is 2.37 bits per heavy atom. The van der Waals surface area contributed by atoms with Crippen molar-refractivity contribution in [3.63, 3.8) is 0 Å². The number of carbonyl (C=O) groups is 2. The molecule has 0 aliphatic carbocycles. The van der Waals surface area contributed by atoms with E-state index in [0.717, 1.165) is 28.8 Å². The molecule has 10 heteroatoms. The van der Waals surface area contributed by atoms with E-state index in [9.17, 15) is 18.0 Å². The van der Waals surface area contributed by atoms with Gasteiger partial charge >= 0.3 is 0 Å². The molecule has 2 amide bonds. The Morgan fingerprint density at radius 2 is 1.71 bits per heavy atom. The largest absolute Gasteiger partial charge is 0.354 e. The first-order chi connectivity index (χ1) is 18.1. The fraction of sp³-hybridized carbons (Fsp3) is 0.357. The Hall–Kier alpha value is -2.81. The van der Waals surface area contributed by atoms with Crippen molar-refractivity contribution in [3.8, 4) is 0 Å². The molecule has 3 aromatic carbocycles. The highest BCUT2D eigenvalue weighted by Gasteiger charge is 2.32. The van der Waals surface area contributed by atoms with E-state index in [4.69, 9.17) is 23.2 Å². The third-order valence-corrected chi connectivity index (χ3v) is 8.00. The van der Waals surface area contributed by atoms with Gasteiger partial charge < -0.3 is 10.2 Å². The minimum atomic E-state index is -3.85. The predicted octanol–water partition coefficient (Wildman–Crippen LogP) is 5.64. The molecule has 0 aliphatic rings. The average Bonchev–Trinajstić information content (AvgIpc) is 2.87. The highest BCUT2D eigenvalue weighted by Crippen LogP contribution is 2.29. The molecule has 0 unspecified atom stereocenters. The lowest BCUT2D eigenvalue weighted by Crippen LogP contribution is -2.52. The van der Waals surface area contributed by atoms with Gasteiger partial charge in [-0.25, -0.2) is 8.42 Å². The van der Waals surface area contributed by atoms with Crippen LogP contribution in [0, 0.1) is 0 Å². The van der Waals surface area contributed by atoms with Gasteiger partial charge in [0.2, 0.25) is 21.8 Å². The van der Waals surface area contributed by atoms with Gasteiger partial charge in [0, 0.05) is 28.5 Å². The Labute approximate surface area is 234 Å². The first-order valence-electron chi connectivity index (χ1n) is 12.5. The maximum Gasteiger partial charge on any atom is 0.244 e. The molecule has 0 fully saturated rings. The second-order valence-electron chi connectivity index (χ2n) is 9.09. The molecule has 204 valence electrons. The maximum atomic E-state index is 13.9. The van der Waals surface area contributed by atoms with Crippen LogP contribution in [0.5, 0.6) is 0 Å². The second kappa shape index (κ2) is 13.3. The number of rotatable bonds is 12. The molecular formula is C28H33Cl2N3O4S. The summed E-state index contributed by atoms with van der Waals surface area (Å²) >= 11 is 12.5. The zero-order valence-electron chi connectivity index (χ0n) is 21.8. The van der Waals surface area contributed by atoms with Gasteiger partial charge in [0.15, 0.2) is 0 Å². The fourth-order valence-corrected chi connectivity index (χ4v) is 5.61. The molecule has 38 heavy (non-hydrogen) atoms. The van der Waals surface area contributed by atoms with Crippen molar-refractivity contribution in [2.45, 2.75) is 45.7 Å². The average molecular weight is 579 g/mol. The molecule has 0 heterocycles. The molecule has 0 saturated carbocycles. The number of benzene rings is 3. The quantitative estimate of drug-likeness (QED) is 0.282. The topological polar surface area (TPSA) is 86.8 Å². The van der Waals surface area contributed by atoms with Gasteiger partial charge in [0.1, 0.15) is 12.6 Å². The summed E-state index contributed by atoms with van der Waals surface area (Å²) in [5, 5.41) is 5.24. The van der Waals surface area contributed by atoms with Crippen LogP contribution in [0.2, 0.25) is 10.0 Å². The maximum absolute atomic E-state index is 13.9. The monoisotopic (exact) mass is 577 g/mol. The summed E-state index contributed by atoms with van der Waals surface area (Å²) in [5.41, 5.74) is 0.990. The molecule has 1 N–H and O–H groups in total. The van der Waals surface area contributed by atoms with E-state index in [2.05, 4.69) is 5.32 Å². The Bertz CT molecular complexity index is 1390. The summed E-state index contributed by atoms with van der Waals surface area (Å²) in [7, 11) is -3.85. The molecular weight excluding hydrogens is 545 g/mol. The molecule has 0 bridgehead atoms. The molecule has 0 radical (unpaired) electrons. The standard InChI is InChI=1S/C28H33Cl2N3O4S/c1-4-6-16-31-28(35)25(5-2)32(18-21-14-15-22(29)17-24(21)30)27(34)19-33(38(3,36)37)26-13-9-11-20-10-7-8-12-23(20)26/h7-15,17,25H,4-6,16,18-19H2,1-3H3,(H,31,35)/t25-/m0/s1. The van der Waals surface area contributed by atoms with Crippen LogP contribution < -0.4 is 9.62 Å². The van der Waals surface area contributed by atoms with Crippen LogP contribution in [0.1, 0.15) is 38.7 Å². The fourth-order valence-electron chi connectivity index (χ4n) is 4.28. The van der Waals surface area contributed by atoms with Gasteiger partial charge in [-0.2, -0.15) is 0 Å². The minimum absolute atomic E-state index is 0.0156. The highest BCUT2D eigenvalue weighted by molar-refractivity contribution is 7.92. The van der Waals surface area contributed by atoms with Gasteiger partial charge in [-0.1, -0.05) is 85.9 Å². The SMILES string of the molecule is CCCCNC(=O)[C@H](CC)N(Cc1ccc(Cl)cc1Cl)C(=O)CN(c1cccc2ccccc12)S(C)(=O)=O. The molecule has 0 spiro atoms. The van der Waals surface area contributed by atoms with Crippen LogP contribution >= 0.6 is 23.2 Å². The minimum Gasteiger partial charge on any atom is -0.354 e. The van der Waals surface area contributed by atoms with E-state index >= 15 is 0 Å².